The quantitative estimate of drug-likeness (QED) is 0.705. The van der Waals surface area contributed by atoms with Gasteiger partial charge in [0.15, 0.2) is 0 Å². The minimum Gasteiger partial charge on any atom is -0.493 e. The summed E-state index contributed by atoms with van der Waals surface area (Å²) in [5.74, 6) is 0.00519. The highest BCUT2D eigenvalue weighted by molar-refractivity contribution is 6.06. The second-order valence-electron chi connectivity index (χ2n) is 6.22. The van der Waals surface area contributed by atoms with E-state index < -0.39 is 0 Å². The predicted molar refractivity (Wildman–Crippen MR) is 103 cm³/mol. The van der Waals surface area contributed by atoms with E-state index in [1.165, 1.54) is 12.1 Å². The number of para-hydroxylation sites is 1. The van der Waals surface area contributed by atoms with E-state index in [0.29, 0.717) is 35.8 Å². The van der Waals surface area contributed by atoms with Gasteiger partial charge in [-0.15, -0.1) is 0 Å². The number of nitrogens with zero attached hydrogens (tertiary/aromatic N) is 2. The van der Waals surface area contributed by atoms with Gasteiger partial charge in [-0.3, -0.25) is 9.48 Å². The molecule has 0 fully saturated rings. The molecule has 1 aromatic heterocycles. The molecular weight excluding hydrogens is 345 g/mol. The first-order chi connectivity index (χ1) is 13.0. The van der Waals surface area contributed by atoms with Crippen molar-refractivity contribution < 1.29 is 13.9 Å². The zero-order chi connectivity index (χ0) is 19.4. The highest BCUT2D eigenvalue weighted by atomic mass is 19.1. The van der Waals surface area contributed by atoms with Gasteiger partial charge in [0.2, 0.25) is 0 Å². The molecule has 0 aliphatic carbocycles. The van der Waals surface area contributed by atoms with Crippen molar-refractivity contribution in [1.29, 1.82) is 0 Å². The maximum absolute atomic E-state index is 13.4. The van der Waals surface area contributed by atoms with Crippen LogP contribution in [0.3, 0.4) is 0 Å². The number of hydrogen-bond donors (Lipinski definition) is 1. The number of hydrogen-bond acceptors (Lipinski definition) is 3. The fourth-order valence-electron chi connectivity index (χ4n) is 2.96. The SMILES string of the molecule is CCOc1ccccc1C(=O)Nc1c(C)nn(Cc2cccc(F)c2)c1C. The Kier molecular flexibility index (Phi) is 5.54. The molecular formula is C21H22FN3O2. The van der Waals surface area contributed by atoms with Crippen molar-refractivity contribution in [3.63, 3.8) is 0 Å². The molecule has 1 heterocycles. The Morgan fingerprint density at radius 1 is 1.19 bits per heavy atom. The van der Waals surface area contributed by atoms with Crippen LogP contribution in [-0.4, -0.2) is 22.3 Å². The number of carbonyl (C=O) groups is 1. The summed E-state index contributed by atoms with van der Waals surface area (Å²) < 4.78 is 20.7. The standard InChI is InChI=1S/C21H22FN3O2/c1-4-27-19-11-6-5-10-18(19)21(26)23-20-14(2)24-25(15(20)3)13-16-8-7-9-17(22)12-16/h5-12H,4,13H2,1-3H3,(H,23,26). The molecule has 0 bridgehead atoms. The van der Waals surface area contributed by atoms with Crippen LogP contribution in [0.2, 0.25) is 0 Å². The van der Waals surface area contributed by atoms with Crippen LogP contribution in [0, 0.1) is 19.7 Å². The number of anilines is 1. The second kappa shape index (κ2) is 8.03. The van der Waals surface area contributed by atoms with Gasteiger partial charge in [0.25, 0.3) is 5.91 Å². The lowest BCUT2D eigenvalue weighted by molar-refractivity contribution is 0.102. The van der Waals surface area contributed by atoms with Gasteiger partial charge in [0.1, 0.15) is 11.6 Å². The number of benzene rings is 2. The van der Waals surface area contributed by atoms with Crippen LogP contribution >= 0.6 is 0 Å². The monoisotopic (exact) mass is 367 g/mol. The third kappa shape index (κ3) is 4.16. The van der Waals surface area contributed by atoms with E-state index in [1.807, 2.05) is 32.9 Å². The summed E-state index contributed by atoms with van der Waals surface area (Å²) in [4.78, 5) is 12.7. The molecule has 0 aliphatic heterocycles. The first-order valence-corrected chi connectivity index (χ1v) is 8.81. The normalized spacial score (nSPS) is 10.7. The van der Waals surface area contributed by atoms with Crippen molar-refractivity contribution in [3.05, 3.63) is 76.9 Å². The smallest absolute Gasteiger partial charge is 0.259 e. The maximum atomic E-state index is 13.4. The van der Waals surface area contributed by atoms with Crippen LogP contribution < -0.4 is 10.1 Å². The number of ether oxygens (including phenoxy) is 1. The van der Waals surface area contributed by atoms with E-state index >= 15 is 0 Å². The Bertz CT molecular complexity index is 966. The molecule has 1 amide bonds. The van der Waals surface area contributed by atoms with Crippen LogP contribution in [0.1, 0.15) is 34.2 Å². The number of carbonyl (C=O) groups excluding carboxylic acids is 1. The average molecular weight is 367 g/mol. The molecule has 27 heavy (non-hydrogen) atoms. The van der Waals surface area contributed by atoms with Crippen molar-refractivity contribution in [3.8, 4) is 5.75 Å². The lowest BCUT2D eigenvalue weighted by Gasteiger charge is -2.11. The summed E-state index contributed by atoms with van der Waals surface area (Å²) in [6.45, 7) is 6.49. The summed E-state index contributed by atoms with van der Waals surface area (Å²) in [6.07, 6.45) is 0. The molecule has 0 saturated carbocycles. The largest absolute Gasteiger partial charge is 0.493 e. The Hall–Kier alpha value is -3.15. The molecule has 0 radical (unpaired) electrons. The van der Waals surface area contributed by atoms with Crippen LogP contribution in [0.15, 0.2) is 48.5 Å². The lowest BCUT2D eigenvalue weighted by atomic mass is 10.1. The van der Waals surface area contributed by atoms with Gasteiger partial charge in [0.05, 0.1) is 35.8 Å². The summed E-state index contributed by atoms with van der Waals surface area (Å²) in [5, 5.41) is 7.42. The number of rotatable bonds is 6. The molecule has 6 heteroatoms. The number of amides is 1. The summed E-state index contributed by atoms with van der Waals surface area (Å²) in [5.41, 5.74) is 3.43. The third-order valence-electron chi connectivity index (χ3n) is 4.27. The summed E-state index contributed by atoms with van der Waals surface area (Å²) in [6, 6.07) is 13.5. The van der Waals surface area contributed by atoms with Gasteiger partial charge < -0.3 is 10.1 Å². The van der Waals surface area contributed by atoms with Crippen molar-refractivity contribution in [2.24, 2.45) is 0 Å². The van der Waals surface area contributed by atoms with Crippen LogP contribution in [0.25, 0.3) is 0 Å². The Morgan fingerprint density at radius 3 is 2.70 bits per heavy atom. The minimum atomic E-state index is -0.282. The summed E-state index contributed by atoms with van der Waals surface area (Å²) >= 11 is 0. The molecule has 5 nitrogen and oxygen atoms in total. The van der Waals surface area contributed by atoms with Crippen LogP contribution in [0.5, 0.6) is 5.75 Å². The fraction of sp³-hybridized carbons (Fsp3) is 0.238. The van der Waals surface area contributed by atoms with Gasteiger partial charge in [-0.1, -0.05) is 24.3 Å². The highest BCUT2D eigenvalue weighted by Gasteiger charge is 2.18. The molecule has 3 aromatic rings. The van der Waals surface area contributed by atoms with E-state index in [-0.39, 0.29) is 11.7 Å². The molecule has 0 atom stereocenters. The van der Waals surface area contributed by atoms with Crippen LogP contribution in [0.4, 0.5) is 10.1 Å². The third-order valence-corrected chi connectivity index (χ3v) is 4.27. The summed E-state index contributed by atoms with van der Waals surface area (Å²) in [7, 11) is 0. The number of halogens is 1. The average Bonchev–Trinajstić information content (AvgIpc) is 2.90. The Balaban J connectivity index is 1.84. The van der Waals surface area contributed by atoms with Gasteiger partial charge >= 0.3 is 0 Å². The zero-order valence-electron chi connectivity index (χ0n) is 15.6. The minimum absolute atomic E-state index is 0.254. The van der Waals surface area contributed by atoms with Gasteiger partial charge in [0, 0.05) is 0 Å². The molecule has 140 valence electrons. The molecule has 3 rings (SSSR count). The molecule has 0 aliphatic rings. The zero-order valence-corrected chi connectivity index (χ0v) is 15.6. The van der Waals surface area contributed by atoms with Crippen molar-refractivity contribution in [1.82, 2.24) is 9.78 Å². The van der Waals surface area contributed by atoms with Gasteiger partial charge in [-0.25, -0.2) is 4.39 Å². The molecule has 0 saturated heterocycles. The van der Waals surface area contributed by atoms with E-state index in [0.717, 1.165) is 11.3 Å². The van der Waals surface area contributed by atoms with Gasteiger partial charge in [-0.2, -0.15) is 5.10 Å². The molecule has 0 unspecified atom stereocenters. The van der Waals surface area contributed by atoms with Crippen molar-refractivity contribution in [2.45, 2.75) is 27.3 Å². The topological polar surface area (TPSA) is 56.1 Å². The van der Waals surface area contributed by atoms with Crippen molar-refractivity contribution in [2.75, 3.05) is 11.9 Å². The van der Waals surface area contributed by atoms with E-state index in [4.69, 9.17) is 4.74 Å². The highest BCUT2D eigenvalue weighted by Crippen LogP contribution is 2.24. The fourth-order valence-corrected chi connectivity index (χ4v) is 2.96. The van der Waals surface area contributed by atoms with E-state index in [9.17, 15) is 9.18 Å². The Labute approximate surface area is 157 Å². The molecule has 2 aromatic carbocycles. The molecule has 0 spiro atoms. The molecule has 1 N–H and O–H groups in total. The number of nitrogens with one attached hydrogen (secondary N) is 1. The van der Waals surface area contributed by atoms with Gasteiger partial charge in [-0.05, 0) is 50.6 Å². The Morgan fingerprint density at radius 2 is 1.96 bits per heavy atom. The van der Waals surface area contributed by atoms with Crippen LogP contribution in [-0.2, 0) is 6.54 Å². The first-order valence-electron chi connectivity index (χ1n) is 8.81. The maximum Gasteiger partial charge on any atom is 0.259 e. The van der Waals surface area contributed by atoms with E-state index in [1.54, 1.807) is 28.9 Å². The number of aryl methyl sites for hydroxylation is 1. The second-order valence-corrected chi connectivity index (χ2v) is 6.22. The van der Waals surface area contributed by atoms with E-state index in [2.05, 4.69) is 10.4 Å². The predicted octanol–water partition coefficient (Wildman–Crippen LogP) is 4.34. The lowest BCUT2D eigenvalue weighted by Crippen LogP contribution is -2.15. The van der Waals surface area contributed by atoms with Crippen molar-refractivity contribution >= 4 is 11.6 Å². The number of aromatic nitrogens is 2. The first kappa shape index (κ1) is 18.6.